The number of aromatic amines is 1. The van der Waals surface area contributed by atoms with Gasteiger partial charge in [-0.1, -0.05) is 29.8 Å². The zero-order chi connectivity index (χ0) is 17.2. The number of hydrogen-bond acceptors (Lipinski definition) is 2. The Morgan fingerprint density at radius 2 is 1.96 bits per heavy atom. The van der Waals surface area contributed by atoms with Crippen LogP contribution < -0.4 is 5.32 Å². The molecule has 2 N–H and O–H groups in total. The Morgan fingerprint density at radius 3 is 2.72 bits per heavy atom. The molecule has 4 rings (SSSR count). The number of carbonyl (C=O) groups excluding carboxylic acids is 1. The molecule has 0 aliphatic rings. The summed E-state index contributed by atoms with van der Waals surface area (Å²) in [6.45, 7) is 0. The minimum Gasteiger partial charge on any atom is -0.361 e. The van der Waals surface area contributed by atoms with E-state index in [0.717, 1.165) is 27.8 Å². The second kappa shape index (κ2) is 6.45. The molecule has 0 atom stereocenters. The first-order valence-electron chi connectivity index (χ1n) is 7.84. The van der Waals surface area contributed by atoms with Crippen molar-refractivity contribution < 1.29 is 4.79 Å². The third kappa shape index (κ3) is 3.27. The second-order valence-corrected chi connectivity index (χ2v) is 6.17. The zero-order valence-corrected chi connectivity index (χ0v) is 14.0. The summed E-state index contributed by atoms with van der Waals surface area (Å²) in [6.07, 6.45) is 5.51. The second-order valence-electron chi connectivity index (χ2n) is 5.73. The van der Waals surface area contributed by atoms with Gasteiger partial charge in [0, 0.05) is 29.0 Å². The Balaban J connectivity index is 1.45. The number of H-pyrrole nitrogens is 1. The van der Waals surface area contributed by atoms with E-state index in [9.17, 15) is 4.79 Å². The van der Waals surface area contributed by atoms with E-state index in [2.05, 4.69) is 15.4 Å². The van der Waals surface area contributed by atoms with Crippen LogP contribution in [-0.4, -0.2) is 20.7 Å². The number of benzene rings is 2. The molecule has 0 saturated carbocycles. The number of nitrogens with one attached hydrogen (secondary N) is 2. The molecule has 25 heavy (non-hydrogen) atoms. The molecular formula is C19H15ClN4O. The minimum atomic E-state index is -0.0559. The highest BCUT2D eigenvalue weighted by Crippen LogP contribution is 2.19. The minimum absolute atomic E-state index is 0.0559. The molecule has 0 spiro atoms. The summed E-state index contributed by atoms with van der Waals surface area (Å²) in [6, 6.07) is 15.4. The molecule has 5 nitrogen and oxygen atoms in total. The van der Waals surface area contributed by atoms with E-state index in [1.807, 2.05) is 54.7 Å². The van der Waals surface area contributed by atoms with Crippen molar-refractivity contribution in [2.24, 2.45) is 0 Å². The molecule has 0 aliphatic heterocycles. The van der Waals surface area contributed by atoms with Crippen molar-refractivity contribution in [1.29, 1.82) is 0 Å². The van der Waals surface area contributed by atoms with Gasteiger partial charge in [0.2, 0.25) is 5.91 Å². The molecule has 2 aromatic heterocycles. The highest BCUT2D eigenvalue weighted by Gasteiger charge is 2.09. The molecule has 124 valence electrons. The molecule has 0 saturated heterocycles. The number of aromatic nitrogens is 3. The van der Waals surface area contributed by atoms with Crippen LogP contribution in [0.4, 0.5) is 5.69 Å². The fraction of sp³-hybridized carbons (Fsp3) is 0.0526. The van der Waals surface area contributed by atoms with Crippen LogP contribution in [0.25, 0.3) is 16.6 Å². The third-order valence-electron chi connectivity index (χ3n) is 3.99. The quantitative estimate of drug-likeness (QED) is 0.579. The molecule has 4 aromatic rings. The number of fused-ring (bicyclic) bond motifs is 1. The van der Waals surface area contributed by atoms with Gasteiger partial charge in [-0.05, 0) is 35.9 Å². The maximum absolute atomic E-state index is 12.3. The van der Waals surface area contributed by atoms with Gasteiger partial charge in [0.15, 0.2) is 0 Å². The normalized spacial score (nSPS) is 10.9. The Labute approximate surface area is 149 Å². The lowest BCUT2D eigenvalue weighted by atomic mass is 10.1. The summed E-state index contributed by atoms with van der Waals surface area (Å²) in [5, 5.41) is 8.72. The van der Waals surface area contributed by atoms with E-state index in [-0.39, 0.29) is 5.91 Å². The number of amides is 1. The number of nitrogens with zero attached hydrogens (tertiary/aromatic N) is 2. The van der Waals surface area contributed by atoms with E-state index < -0.39 is 0 Å². The summed E-state index contributed by atoms with van der Waals surface area (Å²) < 4.78 is 1.68. The molecule has 1 amide bonds. The Kier molecular flexibility index (Phi) is 3.99. The molecule has 6 heteroatoms. The van der Waals surface area contributed by atoms with Crippen LogP contribution in [0.15, 0.2) is 67.1 Å². The fourth-order valence-corrected chi connectivity index (χ4v) is 2.93. The SMILES string of the molecule is O=C(Cc1c[nH]c2ccccc12)Nc1ccc(-n2cc(Cl)cn2)cc1. The maximum atomic E-state index is 12.3. The molecule has 0 radical (unpaired) electrons. The van der Waals surface area contributed by atoms with Crippen molar-refractivity contribution in [2.45, 2.75) is 6.42 Å². The van der Waals surface area contributed by atoms with Crippen LogP contribution in [0.5, 0.6) is 0 Å². The Hall–Kier alpha value is -3.05. The van der Waals surface area contributed by atoms with Crippen molar-refractivity contribution in [1.82, 2.24) is 14.8 Å². The zero-order valence-electron chi connectivity index (χ0n) is 13.2. The molecule has 0 bridgehead atoms. The number of anilines is 1. The highest BCUT2D eigenvalue weighted by molar-refractivity contribution is 6.30. The lowest BCUT2D eigenvalue weighted by molar-refractivity contribution is -0.115. The van der Waals surface area contributed by atoms with Gasteiger partial charge in [0.05, 0.1) is 23.3 Å². The lowest BCUT2D eigenvalue weighted by Gasteiger charge is -2.06. The van der Waals surface area contributed by atoms with Gasteiger partial charge in [0.1, 0.15) is 0 Å². The molecule has 2 aromatic carbocycles. The van der Waals surface area contributed by atoms with E-state index in [4.69, 9.17) is 11.6 Å². The molecule has 0 unspecified atom stereocenters. The monoisotopic (exact) mass is 350 g/mol. The smallest absolute Gasteiger partial charge is 0.228 e. The number of carbonyl (C=O) groups is 1. The van der Waals surface area contributed by atoms with Gasteiger partial charge in [-0.15, -0.1) is 0 Å². The van der Waals surface area contributed by atoms with Gasteiger partial charge < -0.3 is 10.3 Å². The standard InChI is InChI=1S/C19H15ClN4O/c20-14-11-22-24(12-14)16-7-5-15(6-8-16)23-19(25)9-13-10-21-18-4-2-1-3-17(13)18/h1-8,10-12,21H,9H2,(H,23,25). The van der Waals surface area contributed by atoms with Crippen LogP contribution in [0.2, 0.25) is 5.02 Å². The van der Waals surface area contributed by atoms with Gasteiger partial charge in [-0.3, -0.25) is 4.79 Å². The average molecular weight is 351 g/mol. The van der Waals surface area contributed by atoms with E-state index in [1.165, 1.54) is 0 Å². The first-order valence-corrected chi connectivity index (χ1v) is 8.22. The number of halogens is 1. The highest BCUT2D eigenvalue weighted by atomic mass is 35.5. The summed E-state index contributed by atoms with van der Waals surface area (Å²) in [5.74, 6) is -0.0559. The van der Waals surface area contributed by atoms with E-state index in [0.29, 0.717) is 11.4 Å². The van der Waals surface area contributed by atoms with Crippen molar-refractivity contribution in [2.75, 3.05) is 5.32 Å². The first-order chi connectivity index (χ1) is 12.2. The third-order valence-corrected chi connectivity index (χ3v) is 4.19. The topological polar surface area (TPSA) is 62.7 Å². The van der Waals surface area contributed by atoms with E-state index in [1.54, 1.807) is 17.1 Å². The van der Waals surface area contributed by atoms with Crippen molar-refractivity contribution in [3.8, 4) is 5.69 Å². The first kappa shape index (κ1) is 15.5. The summed E-state index contributed by atoms with van der Waals surface area (Å²) >= 11 is 5.88. The van der Waals surface area contributed by atoms with Crippen molar-refractivity contribution >= 4 is 34.1 Å². The van der Waals surface area contributed by atoms with Crippen LogP contribution >= 0.6 is 11.6 Å². The van der Waals surface area contributed by atoms with Gasteiger partial charge >= 0.3 is 0 Å². The molecule has 0 aliphatic carbocycles. The van der Waals surface area contributed by atoms with Crippen LogP contribution in [0.3, 0.4) is 0 Å². The number of hydrogen-bond donors (Lipinski definition) is 2. The van der Waals surface area contributed by atoms with Crippen molar-refractivity contribution in [3.63, 3.8) is 0 Å². The Bertz CT molecular complexity index is 1030. The maximum Gasteiger partial charge on any atom is 0.228 e. The summed E-state index contributed by atoms with van der Waals surface area (Å²) in [7, 11) is 0. The van der Waals surface area contributed by atoms with Crippen molar-refractivity contribution in [3.05, 3.63) is 77.7 Å². The fourth-order valence-electron chi connectivity index (χ4n) is 2.80. The Morgan fingerprint density at radius 1 is 1.16 bits per heavy atom. The predicted molar refractivity (Wildman–Crippen MR) is 99.2 cm³/mol. The van der Waals surface area contributed by atoms with Crippen LogP contribution in [-0.2, 0) is 11.2 Å². The largest absolute Gasteiger partial charge is 0.361 e. The van der Waals surface area contributed by atoms with Gasteiger partial charge in [-0.25, -0.2) is 4.68 Å². The van der Waals surface area contributed by atoms with Gasteiger partial charge in [-0.2, -0.15) is 5.10 Å². The lowest BCUT2D eigenvalue weighted by Crippen LogP contribution is -2.14. The van der Waals surface area contributed by atoms with Gasteiger partial charge in [0.25, 0.3) is 0 Å². The molecular weight excluding hydrogens is 336 g/mol. The van der Waals surface area contributed by atoms with Crippen LogP contribution in [0.1, 0.15) is 5.56 Å². The van der Waals surface area contributed by atoms with Crippen LogP contribution in [0, 0.1) is 0 Å². The summed E-state index contributed by atoms with van der Waals surface area (Å²) in [5.41, 5.74) is 3.64. The molecule has 2 heterocycles. The number of para-hydroxylation sites is 1. The average Bonchev–Trinajstić information content (AvgIpc) is 3.22. The number of rotatable bonds is 4. The molecule has 0 fully saturated rings. The van der Waals surface area contributed by atoms with E-state index >= 15 is 0 Å². The summed E-state index contributed by atoms with van der Waals surface area (Å²) in [4.78, 5) is 15.5. The predicted octanol–water partition coefficient (Wildman–Crippen LogP) is 4.19.